The Kier molecular flexibility index (Phi) is 5.09. The van der Waals surface area contributed by atoms with Crippen LogP contribution in [-0.2, 0) is 11.2 Å². The van der Waals surface area contributed by atoms with E-state index >= 15 is 0 Å². The number of furan rings is 1. The van der Waals surface area contributed by atoms with Crippen molar-refractivity contribution in [3.8, 4) is 0 Å². The normalized spacial score (nSPS) is 10.1. The molecule has 0 spiro atoms. The summed E-state index contributed by atoms with van der Waals surface area (Å²) in [6.45, 7) is 0.238. The fourth-order valence-corrected chi connectivity index (χ4v) is 1.76. The van der Waals surface area contributed by atoms with Crippen LogP contribution in [0.2, 0.25) is 0 Å². The van der Waals surface area contributed by atoms with E-state index in [-0.39, 0.29) is 24.0 Å². The van der Waals surface area contributed by atoms with Crippen LogP contribution in [0.25, 0.3) is 0 Å². The smallest absolute Gasteiger partial charge is 0.287 e. The summed E-state index contributed by atoms with van der Waals surface area (Å²) >= 11 is 0. The average Bonchev–Trinajstić information content (AvgIpc) is 2.99. The highest BCUT2D eigenvalue weighted by molar-refractivity contribution is 5.94. The van der Waals surface area contributed by atoms with Crippen LogP contribution in [0, 0.1) is 5.82 Å². The predicted octanol–water partition coefficient (Wildman–Crippen LogP) is 1.51. The molecule has 0 radical (unpaired) electrons. The zero-order valence-corrected chi connectivity index (χ0v) is 11.3. The Morgan fingerprint density at radius 2 is 2.00 bits per heavy atom. The standard InChI is InChI=1S/C15H15FN2O3/c16-12-4-1-3-11(9-12)6-7-17-14(19)10-18-15(20)13-5-2-8-21-13/h1-5,8-9H,6-7,10H2,(H,17,19)(H,18,20). The molecule has 1 heterocycles. The molecule has 0 fully saturated rings. The molecule has 0 atom stereocenters. The first-order chi connectivity index (χ1) is 10.1. The third kappa shape index (κ3) is 4.76. The van der Waals surface area contributed by atoms with Gasteiger partial charge in [0.2, 0.25) is 5.91 Å². The second-order valence-corrected chi connectivity index (χ2v) is 4.39. The van der Waals surface area contributed by atoms with Crippen molar-refractivity contribution in [2.45, 2.75) is 6.42 Å². The summed E-state index contributed by atoms with van der Waals surface area (Å²) < 4.78 is 17.9. The number of carbonyl (C=O) groups is 2. The van der Waals surface area contributed by atoms with Gasteiger partial charge in [-0.05, 0) is 36.2 Å². The first kappa shape index (κ1) is 14.8. The number of carbonyl (C=O) groups excluding carboxylic acids is 2. The molecule has 5 nitrogen and oxygen atoms in total. The van der Waals surface area contributed by atoms with Crippen molar-refractivity contribution in [2.75, 3.05) is 13.1 Å². The van der Waals surface area contributed by atoms with E-state index in [1.165, 1.54) is 24.5 Å². The van der Waals surface area contributed by atoms with Crippen LogP contribution in [0.3, 0.4) is 0 Å². The zero-order chi connectivity index (χ0) is 15.1. The lowest BCUT2D eigenvalue weighted by Gasteiger charge is -2.06. The van der Waals surface area contributed by atoms with Gasteiger partial charge in [-0.3, -0.25) is 9.59 Å². The predicted molar refractivity (Wildman–Crippen MR) is 74.2 cm³/mol. The molecule has 1 aromatic carbocycles. The summed E-state index contributed by atoms with van der Waals surface area (Å²) in [5.74, 6) is -0.904. The molecule has 2 aromatic rings. The zero-order valence-electron chi connectivity index (χ0n) is 11.3. The van der Waals surface area contributed by atoms with E-state index in [1.807, 2.05) is 0 Å². The summed E-state index contributed by atoms with van der Waals surface area (Å²) in [5.41, 5.74) is 0.801. The van der Waals surface area contributed by atoms with Crippen LogP contribution < -0.4 is 10.6 Å². The van der Waals surface area contributed by atoms with Gasteiger partial charge < -0.3 is 15.1 Å². The van der Waals surface area contributed by atoms with Crippen LogP contribution in [0.5, 0.6) is 0 Å². The summed E-state index contributed by atoms with van der Waals surface area (Å²) in [5, 5.41) is 5.08. The van der Waals surface area contributed by atoms with E-state index in [1.54, 1.807) is 18.2 Å². The van der Waals surface area contributed by atoms with E-state index in [2.05, 4.69) is 10.6 Å². The molecular weight excluding hydrogens is 275 g/mol. The van der Waals surface area contributed by atoms with Crippen molar-refractivity contribution in [3.63, 3.8) is 0 Å². The van der Waals surface area contributed by atoms with E-state index in [0.29, 0.717) is 13.0 Å². The van der Waals surface area contributed by atoms with Gasteiger partial charge in [0.25, 0.3) is 5.91 Å². The second kappa shape index (κ2) is 7.23. The fourth-order valence-electron chi connectivity index (χ4n) is 1.76. The Labute approximate surface area is 121 Å². The molecule has 1 aromatic heterocycles. The SMILES string of the molecule is O=C(CNC(=O)c1ccco1)NCCc1cccc(F)c1. The molecule has 6 heteroatoms. The number of hydrogen-bond donors (Lipinski definition) is 2. The molecule has 0 aliphatic heterocycles. The van der Waals surface area contributed by atoms with Crippen LogP contribution in [0.1, 0.15) is 16.1 Å². The van der Waals surface area contributed by atoms with Gasteiger partial charge in [-0.2, -0.15) is 0 Å². The van der Waals surface area contributed by atoms with Crippen molar-refractivity contribution < 1.29 is 18.4 Å². The van der Waals surface area contributed by atoms with E-state index in [4.69, 9.17) is 4.42 Å². The number of halogens is 1. The highest BCUT2D eigenvalue weighted by Gasteiger charge is 2.09. The summed E-state index contributed by atoms with van der Waals surface area (Å²) in [6, 6.07) is 9.30. The number of hydrogen-bond acceptors (Lipinski definition) is 3. The lowest BCUT2D eigenvalue weighted by molar-refractivity contribution is -0.120. The molecule has 0 saturated carbocycles. The van der Waals surface area contributed by atoms with Crippen molar-refractivity contribution in [3.05, 3.63) is 59.8 Å². The minimum absolute atomic E-state index is 0.136. The lowest BCUT2D eigenvalue weighted by Crippen LogP contribution is -2.37. The molecular formula is C15H15FN2O3. The van der Waals surface area contributed by atoms with Crippen molar-refractivity contribution in [2.24, 2.45) is 0 Å². The molecule has 21 heavy (non-hydrogen) atoms. The highest BCUT2D eigenvalue weighted by atomic mass is 19.1. The molecule has 0 saturated heterocycles. The third-order valence-corrected chi connectivity index (χ3v) is 2.78. The molecule has 110 valence electrons. The topological polar surface area (TPSA) is 71.3 Å². The van der Waals surface area contributed by atoms with Gasteiger partial charge >= 0.3 is 0 Å². The molecule has 0 aliphatic carbocycles. The number of nitrogens with one attached hydrogen (secondary N) is 2. The Morgan fingerprint density at radius 3 is 2.71 bits per heavy atom. The summed E-state index contributed by atoms with van der Waals surface area (Å²) in [4.78, 5) is 23.1. The van der Waals surface area contributed by atoms with Gasteiger partial charge in [-0.15, -0.1) is 0 Å². The molecule has 0 unspecified atom stereocenters. The van der Waals surface area contributed by atoms with Gasteiger partial charge in [0.05, 0.1) is 12.8 Å². The summed E-state index contributed by atoms with van der Waals surface area (Å²) in [6.07, 6.45) is 1.91. The Balaban J connectivity index is 1.67. The maximum atomic E-state index is 13.0. The lowest BCUT2D eigenvalue weighted by atomic mass is 10.1. The summed E-state index contributed by atoms with van der Waals surface area (Å²) in [7, 11) is 0. The van der Waals surface area contributed by atoms with Gasteiger partial charge in [-0.25, -0.2) is 4.39 Å². The maximum Gasteiger partial charge on any atom is 0.287 e. The van der Waals surface area contributed by atoms with Crippen molar-refractivity contribution in [1.29, 1.82) is 0 Å². The molecule has 2 rings (SSSR count). The molecule has 2 amide bonds. The van der Waals surface area contributed by atoms with Gasteiger partial charge in [-0.1, -0.05) is 12.1 Å². The van der Waals surface area contributed by atoms with Gasteiger partial charge in [0.15, 0.2) is 5.76 Å². The first-order valence-corrected chi connectivity index (χ1v) is 6.48. The van der Waals surface area contributed by atoms with E-state index in [9.17, 15) is 14.0 Å². The third-order valence-electron chi connectivity index (χ3n) is 2.78. The monoisotopic (exact) mass is 290 g/mol. The van der Waals surface area contributed by atoms with Crippen LogP contribution in [0.15, 0.2) is 47.1 Å². The van der Waals surface area contributed by atoms with Crippen molar-refractivity contribution in [1.82, 2.24) is 10.6 Å². The van der Waals surface area contributed by atoms with Gasteiger partial charge in [0.1, 0.15) is 5.82 Å². The minimum Gasteiger partial charge on any atom is -0.459 e. The number of amides is 2. The van der Waals surface area contributed by atoms with Crippen LogP contribution >= 0.6 is 0 Å². The van der Waals surface area contributed by atoms with Crippen molar-refractivity contribution >= 4 is 11.8 Å². The van der Waals surface area contributed by atoms with Crippen LogP contribution in [0.4, 0.5) is 4.39 Å². The molecule has 0 bridgehead atoms. The average molecular weight is 290 g/mol. The molecule has 0 aliphatic rings. The maximum absolute atomic E-state index is 13.0. The van der Waals surface area contributed by atoms with E-state index in [0.717, 1.165) is 5.56 Å². The largest absolute Gasteiger partial charge is 0.459 e. The van der Waals surface area contributed by atoms with E-state index < -0.39 is 5.91 Å². The second-order valence-electron chi connectivity index (χ2n) is 4.39. The quantitative estimate of drug-likeness (QED) is 0.847. The minimum atomic E-state index is -0.444. The van der Waals surface area contributed by atoms with Crippen LogP contribution in [-0.4, -0.2) is 24.9 Å². The highest BCUT2D eigenvalue weighted by Crippen LogP contribution is 2.03. The van der Waals surface area contributed by atoms with Gasteiger partial charge in [0, 0.05) is 6.54 Å². The Morgan fingerprint density at radius 1 is 1.14 bits per heavy atom. The fraction of sp³-hybridized carbons (Fsp3) is 0.200. The number of rotatable bonds is 6. The molecule has 2 N–H and O–H groups in total. The Bertz CT molecular complexity index is 611. The Hall–Kier alpha value is -2.63. The first-order valence-electron chi connectivity index (χ1n) is 6.48. The number of benzene rings is 1.